The molecule has 2 aromatic rings. The number of carbonyl (C=O) groups excluding carboxylic acids is 2. The van der Waals surface area contributed by atoms with E-state index in [1.807, 2.05) is 0 Å². The van der Waals surface area contributed by atoms with Crippen LogP contribution in [0.15, 0.2) is 71.4 Å². The lowest BCUT2D eigenvalue weighted by Crippen LogP contribution is -2.46. The van der Waals surface area contributed by atoms with Crippen LogP contribution in [0.3, 0.4) is 0 Å². The van der Waals surface area contributed by atoms with E-state index < -0.39 is 11.6 Å². The van der Waals surface area contributed by atoms with Crippen LogP contribution in [-0.2, 0) is 4.89 Å². The molecule has 0 saturated heterocycles. The summed E-state index contributed by atoms with van der Waals surface area (Å²) in [5.74, 6) is -1.01. The van der Waals surface area contributed by atoms with Crippen molar-refractivity contribution in [2.45, 2.75) is 6.92 Å². The standard InChI is InChI=1S/C18H17N2O5/c1-4-9-13(10-5-2)17(21)15-16(20(24-19-15)25-23-3)18(22)14-11-7-6-8-12-14/h4-12H,1H2,2-3H3/q+1/b10-5-,13-9+. The van der Waals surface area contributed by atoms with E-state index in [1.54, 1.807) is 49.4 Å². The lowest BCUT2D eigenvalue weighted by Gasteiger charge is -1.98. The van der Waals surface area contributed by atoms with Gasteiger partial charge in [-0.1, -0.05) is 61.2 Å². The molecule has 1 heterocycles. The van der Waals surface area contributed by atoms with Crippen LogP contribution in [0.2, 0.25) is 0 Å². The van der Waals surface area contributed by atoms with Gasteiger partial charge in [0.05, 0.1) is 7.11 Å². The average Bonchev–Trinajstić information content (AvgIpc) is 3.05. The van der Waals surface area contributed by atoms with Gasteiger partial charge in [0.2, 0.25) is 11.6 Å². The lowest BCUT2D eigenvalue weighted by molar-refractivity contribution is -1.07. The van der Waals surface area contributed by atoms with Crippen LogP contribution < -0.4 is 9.89 Å². The Morgan fingerprint density at radius 1 is 1.28 bits per heavy atom. The van der Waals surface area contributed by atoms with Crippen molar-refractivity contribution in [2.24, 2.45) is 0 Å². The molecule has 0 amide bonds. The molecule has 0 aliphatic heterocycles. The van der Waals surface area contributed by atoms with Gasteiger partial charge in [-0.05, 0) is 11.6 Å². The van der Waals surface area contributed by atoms with Gasteiger partial charge in [-0.3, -0.25) is 9.59 Å². The van der Waals surface area contributed by atoms with Crippen LogP contribution in [0.5, 0.6) is 0 Å². The van der Waals surface area contributed by atoms with Crippen LogP contribution in [0, 0.1) is 0 Å². The first-order valence-electron chi connectivity index (χ1n) is 7.37. The Morgan fingerprint density at radius 2 is 2.00 bits per heavy atom. The molecule has 0 radical (unpaired) electrons. The molecule has 0 aliphatic rings. The molecule has 0 bridgehead atoms. The van der Waals surface area contributed by atoms with E-state index in [0.717, 1.165) is 0 Å². The smallest absolute Gasteiger partial charge is 0.284 e. The number of allylic oxidation sites excluding steroid dienone is 5. The van der Waals surface area contributed by atoms with Gasteiger partial charge in [0.15, 0.2) is 10.1 Å². The Balaban J connectivity index is 2.56. The third-order valence-corrected chi connectivity index (χ3v) is 3.13. The summed E-state index contributed by atoms with van der Waals surface area (Å²) in [6, 6.07) is 8.38. The highest BCUT2D eigenvalue weighted by atomic mass is 17.3. The molecule has 0 aliphatic carbocycles. The largest absolute Gasteiger partial charge is 0.330 e. The van der Waals surface area contributed by atoms with E-state index in [1.165, 1.54) is 19.3 Å². The average molecular weight is 341 g/mol. The molecular formula is C18H17N2O5+. The second kappa shape index (κ2) is 8.51. The maximum atomic E-state index is 12.8. The SMILES string of the molecule is C=C/C=C(\C=C/C)C(=O)c1no[n+](OOC)c1C(=O)c1ccccc1. The summed E-state index contributed by atoms with van der Waals surface area (Å²) in [5, 5.41) is 3.67. The van der Waals surface area contributed by atoms with E-state index in [4.69, 9.17) is 9.62 Å². The Morgan fingerprint density at radius 3 is 2.60 bits per heavy atom. The fourth-order valence-electron chi connectivity index (χ4n) is 2.08. The number of benzene rings is 1. The van der Waals surface area contributed by atoms with E-state index in [-0.39, 0.29) is 17.0 Å². The first-order chi connectivity index (χ1) is 12.1. The number of hydrogen-bond donors (Lipinski definition) is 0. The predicted octanol–water partition coefficient (Wildman–Crippen LogP) is 2.05. The molecule has 2 rings (SSSR count). The minimum atomic E-state index is -0.514. The van der Waals surface area contributed by atoms with Crippen LogP contribution >= 0.6 is 0 Å². The van der Waals surface area contributed by atoms with Crippen molar-refractivity contribution in [3.63, 3.8) is 0 Å². The molecule has 0 spiro atoms. The fraction of sp³-hybridized carbons (Fsp3) is 0.111. The summed E-state index contributed by atoms with van der Waals surface area (Å²) >= 11 is 0. The molecule has 128 valence electrons. The Labute approximate surface area is 144 Å². The van der Waals surface area contributed by atoms with Crippen molar-refractivity contribution in [2.75, 3.05) is 7.11 Å². The molecule has 7 nitrogen and oxygen atoms in total. The van der Waals surface area contributed by atoms with Gasteiger partial charge in [-0.15, -0.1) is 9.88 Å². The zero-order chi connectivity index (χ0) is 18.2. The summed E-state index contributed by atoms with van der Waals surface area (Å²) in [6.45, 7) is 5.34. The number of aromatic nitrogens is 2. The maximum Gasteiger partial charge on any atom is 0.330 e. The summed E-state index contributed by atoms with van der Waals surface area (Å²) < 4.78 is 4.91. The number of carbonyl (C=O) groups is 2. The molecule has 1 aromatic carbocycles. The minimum Gasteiger partial charge on any atom is -0.284 e. The van der Waals surface area contributed by atoms with Gasteiger partial charge in [0.1, 0.15) is 0 Å². The first-order valence-corrected chi connectivity index (χ1v) is 7.37. The topological polar surface area (TPSA) is 82.5 Å². The minimum absolute atomic E-state index is 0.183. The van der Waals surface area contributed by atoms with Gasteiger partial charge in [0.25, 0.3) is 0 Å². The molecular weight excluding hydrogens is 324 g/mol. The normalized spacial score (nSPS) is 11.5. The maximum absolute atomic E-state index is 12.8. The van der Waals surface area contributed by atoms with Crippen molar-refractivity contribution in [3.05, 3.63) is 83.7 Å². The van der Waals surface area contributed by atoms with Gasteiger partial charge in [-0.2, -0.15) is 0 Å². The third kappa shape index (κ3) is 3.96. The van der Waals surface area contributed by atoms with E-state index in [2.05, 4.69) is 16.6 Å². The van der Waals surface area contributed by atoms with Crippen LogP contribution in [0.25, 0.3) is 0 Å². The van der Waals surface area contributed by atoms with Gasteiger partial charge >= 0.3 is 11.4 Å². The Bertz CT molecular complexity index is 834. The highest BCUT2D eigenvalue weighted by molar-refractivity contribution is 6.17. The summed E-state index contributed by atoms with van der Waals surface area (Å²) in [4.78, 5) is 35.5. The number of nitrogens with zero attached hydrogens (tertiary/aromatic N) is 2. The van der Waals surface area contributed by atoms with Crippen molar-refractivity contribution < 1.29 is 29.0 Å². The molecule has 0 atom stereocenters. The summed E-state index contributed by atoms with van der Waals surface area (Å²) in [6.07, 6.45) is 6.24. The summed E-state index contributed by atoms with van der Waals surface area (Å²) in [7, 11) is 1.23. The highest BCUT2D eigenvalue weighted by Crippen LogP contribution is 2.15. The van der Waals surface area contributed by atoms with Gasteiger partial charge in [0, 0.05) is 11.1 Å². The molecule has 0 fully saturated rings. The monoisotopic (exact) mass is 341 g/mol. The molecule has 7 heteroatoms. The van der Waals surface area contributed by atoms with Crippen LogP contribution in [0.4, 0.5) is 0 Å². The van der Waals surface area contributed by atoms with Crippen molar-refractivity contribution >= 4 is 11.6 Å². The third-order valence-electron chi connectivity index (χ3n) is 3.13. The van der Waals surface area contributed by atoms with Crippen molar-refractivity contribution in [1.82, 2.24) is 5.16 Å². The zero-order valence-corrected chi connectivity index (χ0v) is 13.8. The summed E-state index contributed by atoms with van der Waals surface area (Å²) in [5.41, 5.74) is 0.251. The predicted molar refractivity (Wildman–Crippen MR) is 87.6 cm³/mol. The Hall–Kier alpha value is -3.32. The molecule has 1 aromatic heterocycles. The molecule has 0 saturated carbocycles. The van der Waals surface area contributed by atoms with Crippen molar-refractivity contribution in [3.8, 4) is 0 Å². The number of ketones is 2. The number of Topliss-reactive ketones (excluding diaryl/α,β-unsaturated/α-hetero) is 1. The number of hydrogen-bond acceptors (Lipinski definition) is 6. The molecule has 0 N–H and O–H groups in total. The zero-order valence-electron chi connectivity index (χ0n) is 13.8. The molecule has 25 heavy (non-hydrogen) atoms. The fourth-order valence-corrected chi connectivity index (χ4v) is 2.08. The van der Waals surface area contributed by atoms with Crippen LogP contribution in [-0.4, -0.2) is 23.8 Å². The second-order valence-electron chi connectivity index (χ2n) is 4.75. The lowest BCUT2D eigenvalue weighted by atomic mass is 10.0. The van der Waals surface area contributed by atoms with Crippen LogP contribution in [0.1, 0.15) is 33.5 Å². The number of rotatable bonds is 8. The highest BCUT2D eigenvalue weighted by Gasteiger charge is 2.39. The molecule has 0 unspecified atom stereocenters. The van der Waals surface area contributed by atoms with Gasteiger partial charge < -0.3 is 0 Å². The van der Waals surface area contributed by atoms with Crippen molar-refractivity contribution in [1.29, 1.82) is 0 Å². The van der Waals surface area contributed by atoms with E-state index in [0.29, 0.717) is 10.5 Å². The first kappa shape index (κ1) is 18.0. The van der Waals surface area contributed by atoms with E-state index in [9.17, 15) is 9.59 Å². The quantitative estimate of drug-likeness (QED) is 0.240. The second-order valence-corrected chi connectivity index (χ2v) is 4.75. The van der Waals surface area contributed by atoms with Gasteiger partial charge in [-0.25, -0.2) is 0 Å². The van der Waals surface area contributed by atoms with E-state index >= 15 is 0 Å². The Kier molecular flexibility index (Phi) is 6.14.